The highest BCUT2D eigenvalue weighted by molar-refractivity contribution is 6.34. The molecule has 0 atom stereocenters. The van der Waals surface area contributed by atoms with Crippen LogP contribution in [0.3, 0.4) is 0 Å². The van der Waals surface area contributed by atoms with Crippen molar-refractivity contribution in [1.29, 1.82) is 0 Å². The molecular weight excluding hydrogens is 311 g/mol. The van der Waals surface area contributed by atoms with E-state index >= 15 is 0 Å². The fraction of sp³-hybridized carbons (Fsp3) is 0.100. The van der Waals surface area contributed by atoms with Crippen LogP contribution in [0, 0.1) is 10.1 Å². The standard InChI is InChI=1S/C10H6Cl2N4O4/c11-6-1-8(12)13-2-5(6)3-15-4-7(16(19)20)9(17)14-10(15)18/h1-2,4H,3H2,(H,14,17,18). The molecule has 10 heteroatoms. The van der Waals surface area contributed by atoms with Crippen LogP contribution >= 0.6 is 23.2 Å². The molecule has 2 aromatic rings. The molecule has 0 aromatic carbocycles. The SMILES string of the molecule is O=c1[nH]c(=O)n(Cc2cnc(Cl)cc2Cl)cc1[N+](=O)[O-]. The average molecular weight is 317 g/mol. The van der Waals surface area contributed by atoms with E-state index in [1.807, 2.05) is 4.98 Å². The van der Waals surface area contributed by atoms with Crippen molar-refractivity contribution in [2.75, 3.05) is 0 Å². The minimum Gasteiger partial charge on any atom is -0.289 e. The lowest BCUT2D eigenvalue weighted by Crippen LogP contribution is -2.31. The van der Waals surface area contributed by atoms with Crippen LogP contribution in [-0.2, 0) is 6.54 Å². The first-order valence-electron chi connectivity index (χ1n) is 5.16. The van der Waals surface area contributed by atoms with Crippen LogP contribution in [0.1, 0.15) is 5.56 Å². The van der Waals surface area contributed by atoms with Crippen LogP contribution < -0.4 is 11.2 Å². The average Bonchev–Trinajstić information content (AvgIpc) is 2.35. The molecule has 0 aliphatic carbocycles. The summed E-state index contributed by atoms with van der Waals surface area (Å²) >= 11 is 11.6. The lowest BCUT2D eigenvalue weighted by atomic mass is 10.3. The van der Waals surface area contributed by atoms with Crippen molar-refractivity contribution >= 4 is 28.9 Å². The molecule has 2 aromatic heterocycles. The molecule has 0 saturated heterocycles. The third-order valence-electron chi connectivity index (χ3n) is 2.43. The Morgan fingerprint density at radius 3 is 2.70 bits per heavy atom. The number of rotatable bonds is 3. The summed E-state index contributed by atoms with van der Waals surface area (Å²) in [5.41, 5.74) is -2.15. The molecule has 0 fully saturated rings. The molecule has 8 nitrogen and oxygen atoms in total. The monoisotopic (exact) mass is 316 g/mol. The van der Waals surface area contributed by atoms with E-state index in [2.05, 4.69) is 4.98 Å². The van der Waals surface area contributed by atoms with Crippen molar-refractivity contribution in [2.45, 2.75) is 6.54 Å². The third kappa shape index (κ3) is 2.86. The first-order chi connectivity index (χ1) is 9.38. The molecule has 2 rings (SSSR count). The highest BCUT2D eigenvalue weighted by Gasteiger charge is 2.15. The summed E-state index contributed by atoms with van der Waals surface area (Å²) < 4.78 is 0.955. The number of hydrogen-bond donors (Lipinski definition) is 1. The summed E-state index contributed by atoms with van der Waals surface area (Å²) in [6.07, 6.45) is 2.19. The number of nitro groups is 1. The molecule has 0 aliphatic heterocycles. The minimum absolute atomic E-state index is 0.0839. The first-order valence-corrected chi connectivity index (χ1v) is 5.92. The van der Waals surface area contributed by atoms with Crippen LogP contribution in [0.4, 0.5) is 5.69 Å². The van der Waals surface area contributed by atoms with E-state index in [0.29, 0.717) is 5.56 Å². The molecule has 1 N–H and O–H groups in total. The topological polar surface area (TPSA) is 111 Å². The second kappa shape index (κ2) is 5.43. The minimum atomic E-state index is -1.06. The molecule has 0 amide bonds. The summed E-state index contributed by atoms with van der Waals surface area (Å²) in [7, 11) is 0. The quantitative estimate of drug-likeness (QED) is 0.519. The van der Waals surface area contributed by atoms with E-state index < -0.39 is 21.9 Å². The number of aromatic nitrogens is 3. The maximum Gasteiger partial charge on any atom is 0.350 e. The van der Waals surface area contributed by atoms with Crippen LogP contribution in [0.5, 0.6) is 0 Å². The number of H-pyrrole nitrogens is 1. The van der Waals surface area contributed by atoms with Gasteiger partial charge in [-0.3, -0.25) is 24.5 Å². The summed E-state index contributed by atoms with van der Waals surface area (Å²) in [5.74, 6) is 0. The number of halogens is 2. The molecule has 104 valence electrons. The lowest BCUT2D eigenvalue weighted by Gasteiger charge is -2.06. The second-order valence-electron chi connectivity index (χ2n) is 3.76. The molecule has 0 saturated carbocycles. The predicted molar refractivity (Wildman–Crippen MR) is 71.3 cm³/mol. The smallest absolute Gasteiger partial charge is 0.289 e. The van der Waals surface area contributed by atoms with Crippen molar-refractivity contribution in [3.63, 3.8) is 0 Å². The molecular formula is C10H6Cl2N4O4. The predicted octanol–water partition coefficient (Wildman–Crippen LogP) is 1.19. The molecule has 0 unspecified atom stereocenters. The number of aromatic amines is 1. The van der Waals surface area contributed by atoms with Gasteiger partial charge in [0, 0.05) is 11.8 Å². The maximum absolute atomic E-state index is 11.6. The number of nitrogens with one attached hydrogen (secondary N) is 1. The summed E-state index contributed by atoms with van der Waals surface area (Å²) in [4.78, 5) is 38.3. The Labute approximate surface area is 120 Å². The van der Waals surface area contributed by atoms with Crippen LogP contribution in [-0.4, -0.2) is 19.5 Å². The summed E-state index contributed by atoms with van der Waals surface area (Å²) in [6, 6.07) is 1.38. The van der Waals surface area contributed by atoms with Crippen LogP contribution in [0.2, 0.25) is 10.2 Å². The Kier molecular flexibility index (Phi) is 3.86. The van der Waals surface area contributed by atoms with Gasteiger partial charge in [-0.2, -0.15) is 0 Å². The zero-order valence-electron chi connectivity index (χ0n) is 9.67. The van der Waals surface area contributed by atoms with E-state index in [9.17, 15) is 19.7 Å². The zero-order valence-corrected chi connectivity index (χ0v) is 11.2. The van der Waals surface area contributed by atoms with Gasteiger partial charge in [-0.1, -0.05) is 23.2 Å². The fourth-order valence-electron chi connectivity index (χ4n) is 1.48. The Morgan fingerprint density at radius 2 is 2.10 bits per heavy atom. The van der Waals surface area contributed by atoms with Gasteiger partial charge in [0.2, 0.25) is 0 Å². The van der Waals surface area contributed by atoms with Crippen molar-refractivity contribution in [1.82, 2.24) is 14.5 Å². The molecule has 0 aliphatic rings. The molecule has 0 bridgehead atoms. The largest absolute Gasteiger partial charge is 0.350 e. The van der Waals surface area contributed by atoms with Gasteiger partial charge in [0.1, 0.15) is 5.15 Å². The Morgan fingerprint density at radius 1 is 1.40 bits per heavy atom. The summed E-state index contributed by atoms with van der Waals surface area (Å²) in [5, 5.41) is 11.1. The number of nitrogens with zero attached hydrogens (tertiary/aromatic N) is 3. The Balaban J connectivity index is 2.48. The Hall–Kier alpha value is -2.19. The number of hydrogen-bond acceptors (Lipinski definition) is 5. The normalized spacial score (nSPS) is 10.5. The van der Waals surface area contributed by atoms with Gasteiger partial charge in [-0.15, -0.1) is 0 Å². The van der Waals surface area contributed by atoms with Gasteiger partial charge >= 0.3 is 16.9 Å². The van der Waals surface area contributed by atoms with E-state index in [4.69, 9.17) is 23.2 Å². The zero-order chi connectivity index (χ0) is 14.9. The molecule has 0 radical (unpaired) electrons. The maximum atomic E-state index is 11.6. The summed E-state index contributed by atoms with van der Waals surface area (Å²) in [6.45, 7) is -0.0839. The fourth-order valence-corrected chi connectivity index (χ4v) is 1.91. The third-order valence-corrected chi connectivity index (χ3v) is 2.98. The molecule has 2 heterocycles. The van der Waals surface area contributed by atoms with Gasteiger partial charge in [-0.25, -0.2) is 9.78 Å². The van der Waals surface area contributed by atoms with Crippen LogP contribution in [0.25, 0.3) is 0 Å². The molecule has 0 spiro atoms. The highest BCUT2D eigenvalue weighted by atomic mass is 35.5. The van der Waals surface area contributed by atoms with E-state index in [1.54, 1.807) is 0 Å². The van der Waals surface area contributed by atoms with Gasteiger partial charge in [0.05, 0.1) is 22.7 Å². The highest BCUT2D eigenvalue weighted by Crippen LogP contribution is 2.19. The second-order valence-corrected chi connectivity index (χ2v) is 4.55. The van der Waals surface area contributed by atoms with Crippen molar-refractivity contribution < 1.29 is 4.92 Å². The van der Waals surface area contributed by atoms with Crippen molar-refractivity contribution in [3.05, 3.63) is 65.2 Å². The van der Waals surface area contributed by atoms with Gasteiger partial charge in [0.25, 0.3) is 0 Å². The van der Waals surface area contributed by atoms with Crippen molar-refractivity contribution in [2.24, 2.45) is 0 Å². The first kappa shape index (κ1) is 14.2. The van der Waals surface area contributed by atoms with E-state index in [1.165, 1.54) is 12.3 Å². The van der Waals surface area contributed by atoms with Crippen molar-refractivity contribution in [3.8, 4) is 0 Å². The van der Waals surface area contributed by atoms with Gasteiger partial charge in [-0.05, 0) is 6.07 Å². The van der Waals surface area contributed by atoms with E-state index in [-0.39, 0.29) is 16.7 Å². The number of pyridine rings is 1. The molecule has 20 heavy (non-hydrogen) atoms. The van der Waals surface area contributed by atoms with E-state index in [0.717, 1.165) is 10.8 Å². The lowest BCUT2D eigenvalue weighted by molar-refractivity contribution is -0.386. The van der Waals surface area contributed by atoms with Gasteiger partial charge < -0.3 is 0 Å². The van der Waals surface area contributed by atoms with Crippen LogP contribution in [0.15, 0.2) is 28.0 Å². The Bertz CT molecular complexity index is 799. The van der Waals surface area contributed by atoms with Gasteiger partial charge in [0.15, 0.2) is 0 Å².